The second-order valence-electron chi connectivity index (χ2n) is 12.5. The fraction of sp³-hybridized carbons (Fsp3) is 0.800. The first-order valence-electron chi connectivity index (χ1n) is 15.9. The van der Waals surface area contributed by atoms with E-state index >= 15 is 0 Å². The number of likely N-dealkylation sites (tertiary alicyclic amines) is 1. The van der Waals surface area contributed by atoms with Crippen LogP contribution < -0.4 is 5.73 Å². The highest BCUT2D eigenvalue weighted by Gasteiger charge is 2.31. The van der Waals surface area contributed by atoms with Crippen molar-refractivity contribution in [2.24, 2.45) is 17.6 Å². The van der Waals surface area contributed by atoms with Crippen LogP contribution in [0.1, 0.15) is 46.0 Å². The zero-order valence-corrected chi connectivity index (χ0v) is 26.7. The Morgan fingerprint density at radius 3 is 1.73 bits per heavy atom. The van der Waals surface area contributed by atoms with E-state index in [9.17, 15) is 44.1 Å². The van der Waals surface area contributed by atoms with Crippen molar-refractivity contribution < 1.29 is 44.1 Å². The quantitative estimate of drug-likeness (QED) is 0.158. The van der Waals surface area contributed by atoms with E-state index in [-0.39, 0.29) is 82.2 Å². The van der Waals surface area contributed by atoms with Crippen LogP contribution in [0.4, 0.5) is 0 Å². The standard InChI is InChI=1S/C30H52N6O9/c1-22(2)29(43)24(31)19-23-5-7-36(8-6-23)26(38)4-3-25(30(44)45)35-15-13-32(17-18-37)9-10-33(20-27(39)40)11-12-34(14-16-35)21-28(41)42/h18,22-25H,3-17,19-21,31H2,1-2H3,(H,39,40)(H,41,42)(H,44,45). The summed E-state index contributed by atoms with van der Waals surface area (Å²) in [6.45, 7) is 6.63. The van der Waals surface area contributed by atoms with Gasteiger partial charge in [0.2, 0.25) is 5.91 Å². The van der Waals surface area contributed by atoms with E-state index in [4.69, 9.17) is 5.73 Å². The molecule has 45 heavy (non-hydrogen) atoms. The van der Waals surface area contributed by atoms with Crippen LogP contribution in [-0.2, 0) is 28.8 Å². The summed E-state index contributed by atoms with van der Waals surface area (Å²) in [4.78, 5) is 80.7. The Balaban J connectivity index is 2.06. The molecule has 0 aromatic rings. The molecule has 15 nitrogen and oxygen atoms in total. The lowest BCUT2D eigenvalue weighted by atomic mass is 9.87. The molecule has 5 N–H and O–H groups in total. The number of piperidine rings is 1. The number of ketones is 1. The number of carboxylic acids is 3. The second kappa shape index (κ2) is 19.5. The number of aliphatic carboxylic acids is 3. The summed E-state index contributed by atoms with van der Waals surface area (Å²) < 4.78 is 0. The molecule has 2 saturated heterocycles. The molecule has 15 heteroatoms. The largest absolute Gasteiger partial charge is 0.480 e. The number of nitrogens with two attached hydrogens (primary N) is 1. The zero-order chi connectivity index (χ0) is 33.5. The summed E-state index contributed by atoms with van der Waals surface area (Å²) in [5.41, 5.74) is 6.09. The van der Waals surface area contributed by atoms with Gasteiger partial charge in [0.25, 0.3) is 0 Å². The summed E-state index contributed by atoms with van der Waals surface area (Å²) in [6.07, 6.45) is 2.90. The number of Topliss-reactive ketones (excluding diaryl/α,β-unsaturated/α-hetero) is 1. The van der Waals surface area contributed by atoms with E-state index in [1.165, 1.54) is 0 Å². The van der Waals surface area contributed by atoms with Gasteiger partial charge in [0.1, 0.15) is 12.3 Å². The number of carboxylic acid groups (broad SMARTS) is 3. The molecule has 2 aliphatic rings. The first kappa shape index (κ1) is 38.2. The third-order valence-corrected chi connectivity index (χ3v) is 8.77. The molecule has 0 aliphatic carbocycles. The van der Waals surface area contributed by atoms with Crippen LogP contribution in [0.2, 0.25) is 0 Å². The highest BCUT2D eigenvalue weighted by Crippen LogP contribution is 2.23. The van der Waals surface area contributed by atoms with E-state index in [1.54, 1.807) is 19.6 Å². The van der Waals surface area contributed by atoms with Gasteiger partial charge in [0.15, 0.2) is 5.78 Å². The number of carbonyl (C=O) groups excluding carboxylic acids is 3. The lowest BCUT2D eigenvalue weighted by Crippen LogP contribution is -2.51. The van der Waals surface area contributed by atoms with E-state index < -0.39 is 30.0 Å². The van der Waals surface area contributed by atoms with Crippen LogP contribution in [0.25, 0.3) is 0 Å². The molecule has 0 aromatic heterocycles. The van der Waals surface area contributed by atoms with Crippen LogP contribution in [-0.4, -0.2) is 173 Å². The summed E-state index contributed by atoms with van der Waals surface area (Å²) >= 11 is 0. The van der Waals surface area contributed by atoms with Crippen LogP contribution in [0, 0.1) is 11.8 Å². The number of rotatable bonds is 15. The highest BCUT2D eigenvalue weighted by atomic mass is 16.4. The minimum absolute atomic E-state index is 0.0323. The lowest BCUT2D eigenvalue weighted by molar-refractivity contribution is -0.145. The van der Waals surface area contributed by atoms with Crippen molar-refractivity contribution in [3.05, 3.63) is 0 Å². The van der Waals surface area contributed by atoms with Crippen molar-refractivity contribution in [2.45, 2.75) is 58.0 Å². The van der Waals surface area contributed by atoms with E-state index in [1.807, 2.05) is 18.7 Å². The molecule has 0 saturated carbocycles. The molecule has 2 fully saturated rings. The molecule has 2 rings (SSSR count). The summed E-state index contributed by atoms with van der Waals surface area (Å²) in [6, 6.07) is -1.51. The van der Waals surface area contributed by atoms with Crippen molar-refractivity contribution in [3.63, 3.8) is 0 Å². The number of hydrogen-bond acceptors (Lipinski definition) is 11. The fourth-order valence-electron chi connectivity index (χ4n) is 6.05. The van der Waals surface area contributed by atoms with Crippen LogP contribution in [0.5, 0.6) is 0 Å². The van der Waals surface area contributed by atoms with Gasteiger partial charge in [0.05, 0.1) is 25.7 Å². The van der Waals surface area contributed by atoms with Crippen LogP contribution in [0.3, 0.4) is 0 Å². The average Bonchev–Trinajstić information content (AvgIpc) is 2.97. The van der Waals surface area contributed by atoms with Crippen LogP contribution in [0.15, 0.2) is 0 Å². The maximum absolute atomic E-state index is 13.1. The van der Waals surface area contributed by atoms with Crippen molar-refractivity contribution >= 4 is 35.9 Å². The fourth-order valence-corrected chi connectivity index (χ4v) is 6.05. The van der Waals surface area contributed by atoms with Gasteiger partial charge in [-0.2, -0.15) is 0 Å². The Morgan fingerprint density at radius 1 is 0.778 bits per heavy atom. The molecule has 256 valence electrons. The molecular weight excluding hydrogens is 588 g/mol. The molecule has 2 heterocycles. The van der Waals surface area contributed by atoms with Crippen molar-refractivity contribution in [3.8, 4) is 0 Å². The van der Waals surface area contributed by atoms with Crippen LogP contribution >= 0.6 is 0 Å². The van der Waals surface area contributed by atoms with Gasteiger partial charge >= 0.3 is 17.9 Å². The summed E-state index contributed by atoms with van der Waals surface area (Å²) in [7, 11) is 0. The molecule has 0 radical (unpaired) electrons. The van der Waals surface area contributed by atoms with Gasteiger partial charge in [-0.1, -0.05) is 13.8 Å². The minimum atomic E-state index is -1.09. The first-order chi connectivity index (χ1) is 21.3. The Hall–Kier alpha value is -2.98. The number of nitrogens with zero attached hydrogens (tertiary/aromatic N) is 5. The smallest absolute Gasteiger partial charge is 0.320 e. The van der Waals surface area contributed by atoms with Gasteiger partial charge in [-0.3, -0.25) is 43.6 Å². The predicted molar refractivity (Wildman–Crippen MR) is 165 cm³/mol. The summed E-state index contributed by atoms with van der Waals surface area (Å²) in [5, 5.41) is 28.9. The number of aldehydes is 1. The number of hydrogen-bond donors (Lipinski definition) is 4. The summed E-state index contributed by atoms with van der Waals surface area (Å²) in [5.74, 6) is -3.11. The molecule has 0 spiro atoms. The Labute approximate surface area is 265 Å². The van der Waals surface area contributed by atoms with Gasteiger partial charge in [-0.05, 0) is 31.6 Å². The normalized spacial score (nSPS) is 20.6. The molecule has 2 atom stereocenters. The number of carbonyl (C=O) groups is 6. The SMILES string of the molecule is CC(C)C(=O)C(N)CC1CCN(C(=O)CCC(C(=O)O)N2CCN(CC=O)CCN(CC(=O)O)CCN(CC(=O)O)CC2)CC1. The monoisotopic (exact) mass is 640 g/mol. The zero-order valence-electron chi connectivity index (χ0n) is 26.7. The van der Waals surface area contributed by atoms with Gasteiger partial charge in [-0.15, -0.1) is 0 Å². The highest BCUT2D eigenvalue weighted by molar-refractivity contribution is 5.85. The predicted octanol–water partition coefficient (Wildman–Crippen LogP) is -1.01. The van der Waals surface area contributed by atoms with Gasteiger partial charge in [-0.25, -0.2) is 0 Å². The molecule has 0 bridgehead atoms. The molecule has 0 aromatic carbocycles. The topological polar surface area (TPSA) is 205 Å². The third kappa shape index (κ3) is 13.9. The Kier molecular flexibility index (Phi) is 16.6. The molecule has 1 amide bonds. The van der Waals surface area contributed by atoms with Gasteiger partial charge < -0.3 is 30.7 Å². The third-order valence-electron chi connectivity index (χ3n) is 8.77. The second-order valence-corrected chi connectivity index (χ2v) is 12.5. The maximum atomic E-state index is 13.1. The average molecular weight is 641 g/mol. The lowest BCUT2D eigenvalue weighted by Gasteiger charge is -2.36. The Morgan fingerprint density at radius 2 is 1.27 bits per heavy atom. The molecule has 2 aliphatic heterocycles. The van der Waals surface area contributed by atoms with E-state index in [0.29, 0.717) is 45.7 Å². The maximum Gasteiger partial charge on any atom is 0.320 e. The first-order valence-corrected chi connectivity index (χ1v) is 15.9. The minimum Gasteiger partial charge on any atom is -0.480 e. The molecule has 2 unspecified atom stereocenters. The van der Waals surface area contributed by atoms with Crippen molar-refractivity contribution in [2.75, 3.05) is 85.1 Å². The van der Waals surface area contributed by atoms with Crippen molar-refractivity contribution in [1.82, 2.24) is 24.5 Å². The Bertz CT molecular complexity index is 1000. The number of amides is 1. The van der Waals surface area contributed by atoms with Crippen molar-refractivity contribution in [1.29, 1.82) is 0 Å². The van der Waals surface area contributed by atoms with E-state index in [2.05, 4.69) is 0 Å². The molecular formula is C30H52N6O9. The van der Waals surface area contributed by atoms with Gasteiger partial charge in [0, 0.05) is 77.8 Å². The van der Waals surface area contributed by atoms with E-state index in [0.717, 1.165) is 19.1 Å².